The maximum atomic E-state index is 6.37. The van der Waals surface area contributed by atoms with E-state index in [0.717, 1.165) is 76.8 Å². The summed E-state index contributed by atoms with van der Waals surface area (Å²) in [5.74, 6) is 1.57. The number of anilines is 1. The lowest BCUT2D eigenvalue weighted by molar-refractivity contribution is 0.174. The molecule has 0 N–H and O–H groups in total. The second-order valence-electron chi connectivity index (χ2n) is 9.65. The van der Waals surface area contributed by atoms with Gasteiger partial charge in [0, 0.05) is 73.2 Å². The van der Waals surface area contributed by atoms with Crippen LogP contribution in [0.5, 0.6) is 11.5 Å². The Bertz CT molecular complexity index is 1380. The van der Waals surface area contributed by atoms with E-state index >= 15 is 0 Å². The molecule has 0 spiro atoms. The van der Waals surface area contributed by atoms with Gasteiger partial charge in [-0.25, -0.2) is 0 Å². The van der Waals surface area contributed by atoms with Gasteiger partial charge in [0.15, 0.2) is 11.5 Å². The maximum absolute atomic E-state index is 6.37. The van der Waals surface area contributed by atoms with E-state index in [4.69, 9.17) is 26.2 Å². The summed E-state index contributed by atoms with van der Waals surface area (Å²) in [6.07, 6.45) is 4.56. The van der Waals surface area contributed by atoms with Crippen LogP contribution in [-0.2, 0) is 13.0 Å². The summed E-state index contributed by atoms with van der Waals surface area (Å²) in [5, 5.41) is 7.03. The first-order valence-electron chi connectivity index (χ1n) is 12.5. The van der Waals surface area contributed by atoms with E-state index in [1.807, 2.05) is 24.4 Å². The predicted octanol–water partition coefficient (Wildman–Crippen LogP) is 4.92. The van der Waals surface area contributed by atoms with Crippen LogP contribution in [0.3, 0.4) is 0 Å². The lowest BCUT2D eigenvalue weighted by atomic mass is 10.1. The number of nitrogens with zero attached hydrogens (tertiary/aromatic N) is 5. The summed E-state index contributed by atoms with van der Waals surface area (Å²) in [6, 6.07) is 14.7. The van der Waals surface area contributed by atoms with Crippen molar-refractivity contribution in [2.24, 2.45) is 0 Å². The first-order chi connectivity index (χ1) is 17.6. The van der Waals surface area contributed by atoms with E-state index in [-0.39, 0.29) is 6.79 Å². The van der Waals surface area contributed by atoms with Gasteiger partial charge in [-0.1, -0.05) is 23.7 Å². The van der Waals surface area contributed by atoms with Gasteiger partial charge in [0.1, 0.15) is 0 Å². The zero-order valence-electron chi connectivity index (χ0n) is 20.7. The maximum Gasteiger partial charge on any atom is 0.231 e. The van der Waals surface area contributed by atoms with Crippen LogP contribution in [0.4, 0.5) is 5.69 Å². The minimum absolute atomic E-state index is 0.264. The average molecular weight is 504 g/mol. The molecule has 2 aromatic carbocycles. The molecule has 1 unspecified atom stereocenters. The largest absolute Gasteiger partial charge is 0.454 e. The molecule has 2 aliphatic heterocycles. The highest BCUT2D eigenvalue weighted by molar-refractivity contribution is 6.31. The van der Waals surface area contributed by atoms with Crippen molar-refractivity contribution in [3.05, 3.63) is 76.7 Å². The number of benzene rings is 2. The summed E-state index contributed by atoms with van der Waals surface area (Å²) in [4.78, 5) is 9.28. The fraction of sp³-hybridized carbons (Fsp3) is 0.357. The molecule has 2 aromatic heterocycles. The van der Waals surface area contributed by atoms with E-state index < -0.39 is 0 Å². The number of aromatic nitrogens is 3. The molecule has 7 nitrogen and oxygen atoms in total. The van der Waals surface area contributed by atoms with Gasteiger partial charge in [-0.3, -0.25) is 14.6 Å². The standard InChI is InChI=1S/C28H30ClN5O2/c1-19(32-9-11-33(12-10-32)25-7-3-6-23(29)20(25)2)13-24-22-14-27-28(36-18-35-27)15-26(22)34(31-24)17-21-5-4-8-30-16-21/h3-8,14-16,19H,9-13,17-18H2,1-2H3. The lowest BCUT2D eigenvalue weighted by Gasteiger charge is -2.39. The highest BCUT2D eigenvalue weighted by atomic mass is 35.5. The number of piperazine rings is 1. The van der Waals surface area contributed by atoms with Crippen molar-refractivity contribution in [1.82, 2.24) is 19.7 Å². The smallest absolute Gasteiger partial charge is 0.231 e. The Morgan fingerprint density at radius 1 is 1.03 bits per heavy atom. The van der Waals surface area contributed by atoms with Gasteiger partial charge in [0.25, 0.3) is 0 Å². The van der Waals surface area contributed by atoms with E-state index in [2.05, 4.69) is 57.6 Å². The van der Waals surface area contributed by atoms with Crippen LogP contribution in [0.1, 0.15) is 23.7 Å². The molecular weight excluding hydrogens is 474 g/mol. The molecule has 0 bridgehead atoms. The Kier molecular flexibility index (Phi) is 6.19. The fourth-order valence-electron chi connectivity index (χ4n) is 5.32. The van der Waals surface area contributed by atoms with Gasteiger partial charge >= 0.3 is 0 Å². The normalized spacial score (nSPS) is 16.6. The van der Waals surface area contributed by atoms with Crippen LogP contribution in [0.25, 0.3) is 10.9 Å². The third-order valence-electron chi connectivity index (χ3n) is 7.38. The number of rotatable bonds is 6. The van der Waals surface area contributed by atoms with Crippen molar-refractivity contribution in [1.29, 1.82) is 0 Å². The number of ether oxygens (including phenoxy) is 2. The molecule has 4 heterocycles. The number of halogens is 1. The minimum atomic E-state index is 0.264. The van der Waals surface area contributed by atoms with Crippen molar-refractivity contribution >= 4 is 28.2 Å². The second-order valence-corrected chi connectivity index (χ2v) is 10.1. The summed E-state index contributed by atoms with van der Waals surface area (Å²) in [6.45, 7) is 9.32. The first kappa shape index (κ1) is 23.1. The van der Waals surface area contributed by atoms with Crippen LogP contribution < -0.4 is 14.4 Å². The third-order valence-corrected chi connectivity index (χ3v) is 7.79. The SMILES string of the molecule is Cc1c(Cl)cccc1N1CCN(C(C)Cc2nn(Cc3cccnc3)c3cc4c(cc23)OCO4)CC1. The van der Waals surface area contributed by atoms with Gasteiger partial charge in [-0.05, 0) is 49.2 Å². The zero-order chi connectivity index (χ0) is 24.6. The Hall–Kier alpha value is -3.29. The monoisotopic (exact) mass is 503 g/mol. The molecule has 186 valence electrons. The molecular formula is C28H30ClN5O2. The summed E-state index contributed by atoms with van der Waals surface area (Å²) in [5.41, 5.74) is 5.67. The van der Waals surface area contributed by atoms with Crippen LogP contribution in [0.2, 0.25) is 5.02 Å². The van der Waals surface area contributed by atoms with Crippen LogP contribution >= 0.6 is 11.6 Å². The molecule has 1 atom stereocenters. The van der Waals surface area contributed by atoms with E-state index in [0.29, 0.717) is 12.6 Å². The Labute approximate surface area is 216 Å². The first-order valence-corrected chi connectivity index (χ1v) is 12.9. The van der Waals surface area contributed by atoms with Crippen molar-refractivity contribution in [3.63, 3.8) is 0 Å². The number of fused-ring (bicyclic) bond motifs is 2. The van der Waals surface area contributed by atoms with Crippen LogP contribution in [0.15, 0.2) is 54.9 Å². The number of hydrogen-bond donors (Lipinski definition) is 0. The Morgan fingerprint density at radius 2 is 1.83 bits per heavy atom. The molecule has 0 aliphatic carbocycles. The van der Waals surface area contributed by atoms with E-state index in [9.17, 15) is 0 Å². The van der Waals surface area contributed by atoms with Crippen molar-refractivity contribution in [2.45, 2.75) is 32.9 Å². The Morgan fingerprint density at radius 3 is 2.61 bits per heavy atom. The lowest BCUT2D eigenvalue weighted by Crippen LogP contribution is -2.50. The predicted molar refractivity (Wildman–Crippen MR) is 142 cm³/mol. The summed E-state index contributed by atoms with van der Waals surface area (Å²) in [7, 11) is 0. The highest BCUT2D eigenvalue weighted by Crippen LogP contribution is 2.38. The molecule has 8 heteroatoms. The number of pyridine rings is 1. The van der Waals surface area contributed by atoms with E-state index in [1.54, 1.807) is 6.20 Å². The van der Waals surface area contributed by atoms with Crippen LogP contribution in [0, 0.1) is 6.92 Å². The van der Waals surface area contributed by atoms with E-state index in [1.165, 1.54) is 5.69 Å². The molecule has 36 heavy (non-hydrogen) atoms. The van der Waals surface area contributed by atoms with Crippen molar-refractivity contribution in [2.75, 3.05) is 37.9 Å². The highest BCUT2D eigenvalue weighted by Gasteiger charge is 2.25. The average Bonchev–Trinajstić information content (AvgIpc) is 3.49. The molecule has 6 rings (SSSR count). The topological polar surface area (TPSA) is 55.7 Å². The molecule has 0 amide bonds. The van der Waals surface area contributed by atoms with Gasteiger partial charge in [0.2, 0.25) is 6.79 Å². The summed E-state index contributed by atoms with van der Waals surface area (Å²) >= 11 is 6.37. The third kappa shape index (κ3) is 4.38. The van der Waals surface area contributed by atoms with Gasteiger partial charge in [0.05, 0.1) is 17.8 Å². The summed E-state index contributed by atoms with van der Waals surface area (Å²) < 4.78 is 13.4. The molecule has 1 saturated heterocycles. The minimum Gasteiger partial charge on any atom is -0.454 e. The van der Waals surface area contributed by atoms with Gasteiger partial charge in [-0.2, -0.15) is 5.10 Å². The fourth-order valence-corrected chi connectivity index (χ4v) is 5.49. The van der Waals surface area contributed by atoms with Gasteiger partial charge in [-0.15, -0.1) is 0 Å². The Balaban J connectivity index is 1.21. The molecule has 2 aliphatic rings. The zero-order valence-corrected chi connectivity index (χ0v) is 21.4. The van der Waals surface area contributed by atoms with Gasteiger partial charge < -0.3 is 14.4 Å². The van der Waals surface area contributed by atoms with Crippen molar-refractivity contribution < 1.29 is 9.47 Å². The molecule has 0 radical (unpaired) electrons. The van der Waals surface area contributed by atoms with Crippen molar-refractivity contribution in [3.8, 4) is 11.5 Å². The second kappa shape index (κ2) is 9.64. The quantitative estimate of drug-likeness (QED) is 0.372. The number of hydrogen-bond acceptors (Lipinski definition) is 6. The molecule has 4 aromatic rings. The molecule has 0 saturated carbocycles. The molecule has 1 fully saturated rings. The van der Waals surface area contributed by atoms with Crippen LogP contribution in [-0.4, -0.2) is 58.7 Å².